The van der Waals surface area contributed by atoms with Crippen molar-refractivity contribution in [3.63, 3.8) is 0 Å². The highest BCUT2D eigenvalue weighted by atomic mass is 32.2. The van der Waals surface area contributed by atoms with Crippen LogP contribution in [-0.4, -0.2) is 27.4 Å². The summed E-state index contributed by atoms with van der Waals surface area (Å²) in [4.78, 5) is 0. The first-order valence-corrected chi connectivity index (χ1v) is 5.17. The normalized spacial score (nSPS) is 21.6. The number of hydrogen-bond acceptors (Lipinski definition) is 3. The fraction of sp³-hybridized carbons (Fsp3) is 1.00. The maximum atomic E-state index is 10.9. The van der Waals surface area contributed by atoms with E-state index in [9.17, 15) is 8.42 Å². The molecule has 0 aromatic carbocycles. The zero-order valence-corrected chi connectivity index (χ0v) is 7.30. The molecule has 0 aliphatic heterocycles. The Morgan fingerprint density at radius 1 is 1.64 bits per heavy atom. The number of sulfonamides is 1. The lowest BCUT2D eigenvalue weighted by Gasteiger charge is -2.11. The average molecular weight is 179 g/mol. The SMILES string of the molecule is COCC(C1CC1)S(N)(=O)=O. The van der Waals surface area contributed by atoms with Gasteiger partial charge in [-0.1, -0.05) is 0 Å². The molecule has 11 heavy (non-hydrogen) atoms. The first kappa shape index (κ1) is 8.96. The minimum absolute atomic E-state index is 0.226. The lowest BCUT2D eigenvalue weighted by atomic mass is 10.3. The summed E-state index contributed by atoms with van der Waals surface area (Å²) in [5.74, 6) is 0.241. The Labute approximate surface area is 66.8 Å². The summed E-state index contributed by atoms with van der Waals surface area (Å²) in [6.45, 7) is 0.226. The van der Waals surface area contributed by atoms with Crippen molar-refractivity contribution in [3.8, 4) is 0 Å². The number of hydrogen-bond donors (Lipinski definition) is 1. The predicted molar refractivity (Wildman–Crippen MR) is 41.5 cm³/mol. The molecule has 1 atom stereocenters. The molecule has 0 aromatic rings. The van der Waals surface area contributed by atoms with E-state index in [2.05, 4.69) is 0 Å². The van der Waals surface area contributed by atoms with Crippen LogP contribution < -0.4 is 5.14 Å². The fourth-order valence-corrected chi connectivity index (χ4v) is 2.27. The summed E-state index contributed by atoms with van der Waals surface area (Å²) in [7, 11) is -1.90. The van der Waals surface area contributed by atoms with Gasteiger partial charge in [0.2, 0.25) is 10.0 Å². The molecule has 0 saturated heterocycles. The maximum absolute atomic E-state index is 10.9. The van der Waals surface area contributed by atoms with E-state index in [-0.39, 0.29) is 12.5 Å². The molecule has 5 heteroatoms. The molecule has 2 N–H and O–H groups in total. The molecule has 1 fully saturated rings. The van der Waals surface area contributed by atoms with Crippen molar-refractivity contribution in [1.82, 2.24) is 0 Å². The Bertz CT molecular complexity index is 220. The highest BCUT2D eigenvalue weighted by molar-refractivity contribution is 7.89. The van der Waals surface area contributed by atoms with Crippen molar-refractivity contribution in [2.75, 3.05) is 13.7 Å². The van der Waals surface area contributed by atoms with Crippen LogP contribution in [0.2, 0.25) is 0 Å². The molecular formula is C6H13NO3S. The molecule has 0 aromatic heterocycles. The molecule has 0 spiro atoms. The number of nitrogens with two attached hydrogens (primary N) is 1. The van der Waals surface area contributed by atoms with Crippen LogP contribution in [0, 0.1) is 5.92 Å². The maximum Gasteiger partial charge on any atom is 0.214 e. The molecule has 1 aliphatic rings. The standard InChI is InChI=1S/C6H13NO3S/c1-10-4-6(5-2-3-5)11(7,8)9/h5-6H,2-4H2,1H3,(H2,7,8,9). The first-order chi connectivity index (χ1) is 5.05. The van der Waals surface area contributed by atoms with Crippen molar-refractivity contribution in [2.45, 2.75) is 18.1 Å². The third-order valence-corrected chi connectivity index (χ3v) is 3.27. The van der Waals surface area contributed by atoms with Gasteiger partial charge in [0.1, 0.15) is 5.25 Å². The van der Waals surface area contributed by atoms with E-state index >= 15 is 0 Å². The quantitative estimate of drug-likeness (QED) is 0.644. The molecule has 4 nitrogen and oxygen atoms in total. The monoisotopic (exact) mass is 179 g/mol. The van der Waals surface area contributed by atoms with E-state index in [4.69, 9.17) is 9.88 Å². The Hall–Kier alpha value is -0.130. The first-order valence-electron chi connectivity index (χ1n) is 3.56. The molecule has 0 bridgehead atoms. The van der Waals surface area contributed by atoms with Crippen molar-refractivity contribution < 1.29 is 13.2 Å². The Kier molecular flexibility index (Phi) is 2.51. The number of ether oxygens (including phenoxy) is 1. The van der Waals surface area contributed by atoms with Gasteiger partial charge in [-0.3, -0.25) is 0 Å². The fourth-order valence-electron chi connectivity index (χ4n) is 1.13. The van der Waals surface area contributed by atoms with Crippen LogP contribution in [0.25, 0.3) is 0 Å². The average Bonchev–Trinajstić information content (AvgIpc) is 2.61. The molecule has 1 aliphatic carbocycles. The van der Waals surface area contributed by atoms with E-state index in [1.54, 1.807) is 0 Å². The summed E-state index contributed by atoms with van der Waals surface area (Å²) in [6.07, 6.45) is 1.93. The van der Waals surface area contributed by atoms with Crippen LogP contribution in [0.15, 0.2) is 0 Å². The van der Waals surface area contributed by atoms with Gasteiger partial charge < -0.3 is 4.74 Å². The van der Waals surface area contributed by atoms with Gasteiger partial charge in [-0.2, -0.15) is 0 Å². The Balaban J connectivity index is 2.59. The van der Waals surface area contributed by atoms with Crippen molar-refractivity contribution in [1.29, 1.82) is 0 Å². The van der Waals surface area contributed by atoms with Crippen LogP contribution >= 0.6 is 0 Å². The predicted octanol–water partition coefficient (Wildman–Crippen LogP) is -0.300. The van der Waals surface area contributed by atoms with E-state index in [1.807, 2.05) is 0 Å². The van der Waals surface area contributed by atoms with Crippen LogP contribution in [-0.2, 0) is 14.8 Å². The molecule has 0 heterocycles. The van der Waals surface area contributed by atoms with Gasteiger partial charge >= 0.3 is 0 Å². The summed E-state index contributed by atoms with van der Waals surface area (Å²) < 4.78 is 26.6. The van der Waals surface area contributed by atoms with Crippen LogP contribution in [0.4, 0.5) is 0 Å². The van der Waals surface area contributed by atoms with Gasteiger partial charge in [0, 0.05) is 7.11 Å². The Morgan fingerprint density at radius 2 is 2.18 bits per heavy atom. The third kappa shape index (κ3) is 2.43. The molecular weight excluding hydrogens is 166 g/mol. The zero-order valence-electron chi connectivity index (χ0n) is 6.49. The van der Waals surface area contributed by atoms with E-state index in [0.717, 1.165) is 12.8 Å². The van der Waals surface area contributed by atoms with Crippen LogP contribution in [0.1, 0.15) is 12.8 Å². The number of methoxy groups -OCH3 is 1. The summed E-state index contributed by atoms with van der Waals surface area (Å²) >= 11 is 0. The summed E-state index contributed by atoms with van der Waals surface area (Å²) in [5.41, 5.74) is 0. The Morgan fingerprint density at radius 3 is 2.45 bits per heavy atom. The van der Waals surface area contributed by atoms with Gasteiger partial charge in [0.25, 0.3) is 0 Å². The molecule has 1 unspecified atom stereocenters. The van der Waals surface area contributed by atoms with Crippen molar-refractivity contribution >= 4 is 10.0 Å². The highest BCUT2D eigenvalue weighted by Crippen LogP contribution is 2.35. The second-order valence-corrected chi connectivity index (χ2v) is 4.70. The second kappa shape index (κ2) is 3.08. The minimum Gasteiger partial charge on any atom is -0.383 e. The van der Waals surface area contributed by atoms with Gasteiger partial charge in [0.15, 0.2) is 0 Å². The van der Waals surface area contributed by atoms with E-state index in [0.29, 0.717) is 0 Å². The summed E-state index contributed by atoms with van der Waals surface area (Å²) in [5, 5.41) is 4.52. The van der Waals surface area contributed by atoms with Gasteiger partial charge in [0.05, 0.1) is 6.61 Å². The molecule has 0 amide bonds. The molecule has 0 radical (unpaired) electrons. The van der Waals surface area contributed by atoms with Crippen LogP contribution in [0.3, 0.4) is 0 Å². The lowest BCUT2D eigenvalue weighted by molar-refractivity contribution is 0.191. The summed E-state index contributed by atoms with van der Waals surface area (Å²) in [6, 6.07) is 0. The number of primary sulfonamides is 1. The highest BCUT2D eigenvalue weighted by Gasteiger charge is 2.38. The van der Waals surface area contributed by atoms with Gasteiger partial charge in [-0.15, -0.1) is 0 Å². The van der Waals surface area contributed by atoms with Crippen molar-refractivity contribution in [2.24, 2.45) is 11.1 Å². The molecule has 66 valence electrons. The van der Waals surface area contributed by atoms with Gasteiger partial charge in [-0.25, -0.2) is 13.6 Å². The van der Waals surface area contributed by atoms with E-state index < -0.39 is 15.3 Å². The molecule has 1 rings (SSSR count). The topological polar surface area (TPSA) is 69.4 Å². The third-order valence-electron chi connectivity index (χ3n) is 1.90. The lowest BCUT2D eigenvalue weighted by Crippen LogP contribution is -2.34. The smallest absolute Gasteiger partial charge is 0.214 e. The zero-order chi connectivity index (χ0) is 8.48. The van der Waals surface area contributed by atoms with Crippen molar-refractivity contribution in [3.05, 3.63) is 0 Å². The molecule has 1 saturated carbocycles. The number of rotatable bonds is 4. The van der Waals surface area contributed by atoms with Crippen LogP contribution in [0.5, 0.6) is 0 Å². The van der Waals surface area contributed by atoms with Gasteiger partial charge in [-0.05, 0) is 18.8 Å². The largest absolute Gasteiger partial charge is 0.383 e. The second-order valence-electron chi connectivity index (χ2n) is 2.92. The minimum atomic E-state index is -3.39. The van der Waals surface area contributed by atoms with E-state index in [1.165, 1.54) is 7.11 Å².